The van der Waals surface area contributed by atoms with Crippen LogP contribution in [0.25, 0.3) is 11.5 Å². The first-order chi connectivity index (χ1) is 11.0. The Labute approximate surface area is 143 Å². The Hall–Kier alpha value is -2.30. The molecule has 1 N–H and O–H groups in total. The fraction of sp³-hybridized carbons (Fsp3) is 0.0588. The molecular formula is C17H12Cl2N2O2. The zero-order valence-electron chi connectivity index (χ0n) is 12.1. The highest BCUT2D eigenvalue weighted by Crippen LogP contribution is 2.28. The van der Waals surface area contributed by atoms with Gasteiger partial charge in [-0.05, 0) is 48.9 Å². The standard InChI is InChI=1S/C17H12Cl2N2O2/c1-10-2-5-13(19)8-14(10)20-9-15-17(22)23-16(21-15)11-3-6-12(18)7-4-11/h2-9,22H,1H3. The molecule has 0 fully saturated rings. The maximum Gasteiger partial charge on any atom is 0.312 e. The molecule has 0 atom stereocenters. The molecule has 0 aliphatic heterocycles. The largest absolute Gasteiger partial charge is 0.479 e. The highest BCUT2D eigenvalue weighted by Gasteiger charge is 2.12. The number of nitrogens with zero attached hydrogens (tertiary/aromatic N) is 2. The Balaban J connectivity index is 1.90. The summed E-state index contributed by atoms with van der Waals surface area (Å²) in [6.45, 7) is 1.92. The third-order valence-corrected chi connectivity index (χ3v) is 3.71. The molecule has 0 aliphatic carbocycles. The number of rotatable bonds is 3. The molecule has 3 aromatic rings. The van der Waals surface area contributed by atoms with Crippen LogP contribution in [0.2, 0.25) is 10.0 Å². The Morgan fingerprint density at radius 2 is 1.78 bits per heavy atom. The number of aliphatic imine (C=N–C) groups is 1. The van der Waals surface area contributed by atoms with Gasteiger partial charge in [0, 0.05) is 15.6 Å². The zero-order chi connectivity index (χ0) is 16.4. The van der Waals surface area contributed by atoms with Gasteiger partial charge in [-0.3, -0.25) is 4.99 Å². The van der Waals surface area contributed by atoms with Crippen LogP contribution in [0.3, 0.4) is 0 Å². The minimum Gasteiger partial charge on any atom is -0.479 e. The van der Waals surface area contributed by atoms with Crippen LogP contribution in [0.5, 0.6) is 5.95 Å². The van der Waals surface area contributed by atoms with Crippen molar-refractivity contribution in [3.63, 3.8) is 0 Å². The molecule has 0 unspecified atom stereocenters. The first kappa shape index (κ1) is 15.6. The van der Waals surface area contributed by atoms with E-state index in [4.69, 9.17) is 27.6 Å². The van der Waals surface area contributed by atoms with Crippen molar-refractivity contribution < 1.29 is 9.52 Å². The van der Waals surface area contributed by atoms with Gasteiger partial charge in [-0.25, -0.2) is 4.98 Å². The van der Waals surface area contributed by atoms with E-state index in [0.717, 1.165) is 5.56 Å². The Kier molecular flexibility index (Phi) is 4.37. The molecule has 0 saturated carbocycles. The lowest BCUT2D eigenvalue weighted by Crippen LogP contribution is -1.83. The van der Waals surface area contributed by atoms with Crippen molar-refractivity contribution >= 4 is 35.1 Å². The maximum absolute atomic E-state index is 9.88. The summed E-state index contributed by atoms with van der Waals surface area (Å²) in [7, 11) is 0. The van der Waals surface area contributed by atoms with Crippen LogP contribution < -0.4 is 0 Å². The Bertz CT molecular complexity index is 871. The first-order valence-corrected chi connectivity index (χ1v) is 7.54. The van der Waals surface area contributed by atoms with Crippen molar-refractivity contribution in [2.75, 3.05) is 0 Å². The predicted molar refractivity (Wildman–Crippen MR) is 92.1 cm³/mol. The average molecular weight is 347 g/mol. The molecular weight excluding hydrogens is 335 g/mol. The lowest BCUT2D eigenvalue weighted by atomic mass is 10.2. The van der Waals surface area contributed by atoms with Crippen molar-refractivity contribution in [2.45, 2.75) is 6.92 Å². The summed E-state index contributed by atoms with van der Waals surface area (Å²) in [6, 6.07) is 12.4. The summed E-state index contributed by atoms with van der Waals surface area (Å²) in [6.07, 6.45) is 1.44. The average Bonchev–Trinajstić information content (AvgIpc) is 2.90. The van der Waals surface area contributed by atoms with E-state index < -0.39 is 0 Å². The molecule has 2 aromatic carbocycles. The fourth-order valence-electron chi connectivity index (χ4n) is 1.98. The molecule has 0 spiro atoms. The van der Waals surface area contributed by atoms with Crippen molar-refractivity contribution in [1.82, 2.24) is 4.98 Å². The van der Waals surface area contributed by atoms with E-state index in [1.165, 1.54) is 6.21 Å². The van der Waals surface area contributed by atoms with Crippen LogP contribution >= 0.6 is 23.2 Å². The van der Waals surface area contributed by atoms with Gasteiger partial charge in [0.1, 0.15) is 0 Å². The summed E-state index contributed by atoms with van der Waals surface area (Å²) < 4.78 is 5.27. The van der Waals surface area contributed by atoms with Gasteiger partial charge in [-0.2, -0.15) is 0 Å². The van der Waals surface area contributed by atoms with Gasteiger partial charge >= 0.3 is 5.95 Å². The van der Waals surface area contributed by atoms with Crippen molar-refractivity contribution in [3.8, 4) is 17.4 Å². The van der Waals surface area contributed by atoms with Crippen molar-refractivity contribution in [2.24, 2.45) is 4.99 Å². The lowest BCUT2D eigenvalue weighted by molar-refractivity contribution is 0.337. The quantitative estimate of drug-likeness (QED) is 0.644. The second-order valence-corrected chi connectivity index (χ2v) is 5.78. The highest BCUT2D eigenvalue weighted by atomic mass is 35.5. The van der Waals surface area contributed by atoms with E-state index in [9.17, 15) is 5.11 Å². The fourth-order valence-corrected chi connectivity index (χ4v) is 2.27. The second-order valence-electron chi connectivity index (χ2n) is 4.91. The minimum atomic E-state index is -0.293. The predicted octanol–water partition coefficient (Wildman–Crippen LogP) is 5.41. The van der Waals surface area contributed by atoms with E-state index in [2.05, 4.69) is 9.98 Å². The Morgan fingerprint density at radius 1 is 1.09 bits per heavy atom. The van der Waals surface area contributed by atoms with Gasteiger partial charge < -0.3 is 9.52 Å². The Morgan fingerprint density at radius 3 is 2.52 bits per heavy atom. The molecule has 0 amide bonds. The van der Waals surface area contributed by atoms with E-state index in [0.29, 0.717) is 27.2 Å². The molecule has 0 bridgehead atoms. The summed E-state index contributed by atoms with van der Waals surface area (Å²) >= 11 is 11.8. The van der Waals surface area contributed by atoms with E-state index in [1.54, 1.807) is 36.4 Å². The SMILES string of the molecule is Cc1ccc(Cl)cc1N=Cc1nc(-c2ccc(Cl)cc2)oc1O. The van der Waals surface area contributed by atoms with Crippen molar-refractivity contribution in [1.29, 1.82) is 0 Å². The monoisotopic (exact) mass is 346 g/mol. The smallest absolute Gasteiger partial charge is 0.312 e. The summed E-state index contributed by atoms with van der Waals surface area (Å²) in [5.41, 5.74) is 2.62. The third-order valence-electron chi connectivity index (χ3n) is 3.22. The minimum absolute atomic E-state index is 0.245. The van der Waals surface area contributed by atoms with Gasteiger partial charge in [0.05, 0.1) is 11.9 Å². The summed E-state index contributed by atoms with van der Waals surface area (Å²) in [5.74, 6) is 0.00168. The van der Waals surface area contributed by atoms with Crippen LogP contribution in [0.1, 0.15) is 11.3 Å². The number of aryl methyl sites for hydroxylation is 1. The van der Waals surface area contributed by atoms with Crippen LogP contribution in [0, 0.1) is 6.92 Å². The number of benzene rings is 2. The number of hydrogen-bond donors (Lipinski definition) is 1. The topological polar surface area (TPSA) is 58.6 Å². The second kappa shape index (κ2) is 6.44. The van der Waals surface area contributed by atoms with E-state index in [-0.39, 0.29) is 11.6 Å². The molecule has 0 radical (unpaired) electrons. The number of aromatic hydroxyl groups is 1. The van der Waals surface area contributed by atoms with Gasteiger partial charge in [0.25, 0.3) is 0 Å². The molecule has 23 heavy (non-hydrogen) atoms. The third kappa shape index (κ3) is 3.55. The zero-order valence-corrected chi connectivity index (χ0v) is 13.6. The lowest BCUT2D eigenvalue weighted by Gasteiger charge is -1.99. The van der Waals surface area contributed by atoms with Gasteiger partial charge in [-0.1, -0.05) is 29.3 Å². The van der Waals surface area contributed by atoms with E-state index >= 15 is 0 Å². The van der Waals surface area contributed by atoms with Crippen LogP contribution in [-0.2, 0) is 0 Å². The highest BCUT2D eigenvalue weighted by molar-refractivity contribution is 6.31. The molecule has 4 nitrogen and oxygen atoms in total. The number of hydrogen-bond acceptors (Lipinski definition) is 4. The number of oxazole rings is 1. The normalized spacial score (nSPS) is 11.3. The van der Waals surface area contributed by atoms with Crippen LogP contribution in [0.15, 0.2) is 51.9 Å². The first-order valence-electron chi connectivity index (χ1n) is 6.79. The van der Waals surface area contributed by atoms with Gasteiger partial charge in [-0.15, -0.1) is 0 Å². The summed E-state index contributed by atoms with van der Waals surface area (Å²) in [5, 5.41) is 11.1. The van der Waals surface area contributed by atoms with Crippen LogP contribution in [0.4, 0.5) is 5.69 Å². The summed E-state index contributed by atoms with van der Waals surface area (Å²) in [4.78, 5) is 8.54. The molecule has 3 rings (SSSR count). The van der Waals surface area contributed by atoms with Gasteiger partial charge in [0.15, 0.2) is 5.69 Å². The molecule has 0 aliphatic rings. The van der Waals surface area contributed by atoms with Crippen LogP contribution in [-0.4, -0.2) is 16.3 Å². The molecule has 1 heterocycles. The van der Waals surface area contributed by atoms with Gasteiger partial charge in [0.2, 0.25) is 5.89 Å². The number of aromatic nitrogens is 1. The molecule has 6 heteroatoms. The molecule has 116 valence electrons. The van der Waals surface area contributed by atoms with E-state index in [1.807, 2.05) is 13.0 Å². The molecule has 1 aromatic heterocycles. The maximum atomic E-state index is 9.88. The van der Waals surface area contributed by atoms with Crippen molar-refractivity contribution in [3.05, 3.63) is 63.8 Å². The molecule has 0 saturated heterocycles. The number of halogens is 2.